The van der Waals surface area contributed by atoms with Gasteiger partial charge in [-0.2, -0.15) is 0 Å². The molecular weight excluding hydrogens is 270 g/mol. The van der Waals surface area contributed by atoms with Gasteiger partial charge < -0.3 is 15.7 Å². The molecule has 0 fully saturated rings. The second-order valence-corrected chi connectivity index (χ2v) is 3.63. The number of alkyl halides is 2. The maximum Gasteiger partial charge on any atom is 0.337 e. The number of amides is 2. The Balaban J connectivity index is 2.70. The molecule has 0 unspecified atom stereocenters. The number of nitrogens with one attached hydrogen (secondary N) is 2. The van der Waals surface area contributed by atoms with E-state index in [0.29, 0.717) is 0 Å². The molecule has 5 nitrogen and oxygen atoms in total. The number of rotatable bonds is 4. The molecule has 1 aromatic rings. The lowest BCUT2D eigenvalue weighted by Crippen LogP contribution is -2.32. The van der Waals surface area contributed by atoms with E-state index in [-0.39, 0.29) is 16.3 Å². The molecule has 8 heteroatoms. The average Bonchev–Trinajstić information content (AvgIpc) is 2.28. The Morgan fingerprint density at radius 3 is 2.61 bits per heavy atom. The highest BCUT2D eigenvalue weighted by molar-refractivity contribution is 6.33. The fourth-order valence-corrected chi connectivity index (χ4v) is 1.31. The maximum atomic E-state index is 11.8. The zero-order chi connectivity index (χ0) is 13.7. The molecule has 0 heterocycles. The number of benzene rings is 1. The van der Waals surface area contributed by atoms with Crippen LogP contribution in [0.1, 0.15) is 10.4 Å². The van der Waals surface area contributed by atoms with Crippen LogP contribution in [0.4, 0.5) is 19.3 Å². The van der Waals surface area contributed by atoms with Crippen molar-refractivity contribution in [1.29, 1.82) is 0 Å². The maximum absolute atomic E-state index is 11.8. The van der Waals surface area contributed by atoms with Gasteiger partial charge in [-0.3, -0.25) is 0 Å². The molecule has 18 heavy (non-hydrogen) atoms. The van der Waals surface area contributed by atoms with Crippen LogP contribution < -0.4 is 10.6 Å². The first-order valence-electron chi connectivity index (χ1n) is 4.76. The van der Waals surface area contributed by atoms with Crippen molar-refractivity contribution in [1.82, 2.24) is 5.32 Å². The Labute approximate surface area is 106 Å². The first-order valence-corrected chi connectivity index (χ1v) is 5.14. The molecule has 0 saturated carbocycles. The third kappa shape index (κ3) is 4.17. The number of urea groups is 1. The third-order valence-electron chi connectivity index (χ3n) is 1.87. The summed E-state index contributed by atoms with van der Waals surface area (Å²) in [5, 5.41) is 12.9. The van der Waals surface area contributed by atoms with Crippen molar-refractivity contribution in [3.05, 3.63) is 28.8 Å². The molecule has 0 aliphatic carbocycles. The molecule has 0 spiro atoms. The van der Waals surface area contributed by atoms with E-state index in [9.17, 15) is 18.4 Å². The number of hydrogen-bond acceptors (Lipinski definition) is 2. The molecule has 0 saturated heterocycles. The summed E-state index contributed by atoms with van der Waals surface area (Å²) in [6.07, 6.45) is -2.66. The number of carbonyl (C=O) groups excluding carboxylic acids is 1. The Kier molecular flexibility index (Phi) is 4.85. The highest BCUT2D eigenvalue weighted by Gasteiger charge is 2.11. The average molecular weight is 279 g/mol. The summed E-state index contributed by atoms with van der Waals surface area (Å²) >= 11 is 5.62. The standard InChI is InChI=1S/C10H9ClF2N2O3/c11-7-2-1-5(3-6(7)9(16)17)15-10(18)14-4-8(12)13/h1-3,8H,4H2,(H,16,17)(H2,14,15,18). The fourth-order valence-electron chi connectivity index (χ4n) is 1.11. The summed E-state index contributed by atoms with van der Waals surface area (Å²) in [7, 11) is 0. The molecule has 0 aliphatic heterocycles. The fraction of sp³-hybridized carbons (Fsp3) is 0.200. The molecule has 1 aromatic carbocycles. The van der Waals surface area contributed by atoms with Gasteiger partial charge in [0.05, 0.1) is 17.1 Å². The van der Waals surface area contributed by atoms with Crippen LogP contribution in [0.25, 0.3) is 0 Å². The topological polar surface area (TPSA) is 78.4 Å². The summed E-state index contributed by atoms with van der Waals surface area (Å²) in [4.78, 5) is 21.9. The molecule has 98 valence electrons. The van der Waals surface area contributed by atoms with E-state index in [0.717, 1.165) is 6.07 Å². The molecule has 2 amide bonds. The van der Waals surface area contributed by atoms with Crippen LogP contribution in [0.2, 0.25) is 5.02 Å². The van der Waals surface area contributed by atoms with E-state index < -0.39 is 25.0 Å². The monoisotopic (exact) mass is 278 g/mol. The van der Waals surface area contributed by atoms with Crippen LogP contribution in [0.15, 0.2) is 18.2 Å². The molecule has 0 aromatic heterocycles. The van der Waals surface area contributed by atoms with Gasteiger partial charge in [0.2, 0.25) is 0 Å². The molecule has 1 rings (SSSR count). The Bertz CT molecular complexity index is 468. The SMILES string of the molecule is O=C(NCC(F)F)Nc1ccc(Cl)c(C(=O)O)c1. The zero-order valence-electron chi connectivity index (χ0n) is 8.91. The lowest BCUT2D eigenvalue weighted by Gasteiger charge is -2.08. The van der Waals surface area contributed by atoms with E-state index in [1.54, 1.807) is 0 Å². The van der Waals surface area contributed by atoms with Gasteiger partial charge in [0.15, 0.2) is 0 Å². The van der Waals surface area contributed by atoms with Gasteiger partial charge in [0.25, 0.3) is 6.43 Å². The van der Waals surface area contributed by atoms with Gasteiger partial charge in [-0.1, -0.05) is 11.6 Å². The van der Waals surface area contributed by atoms with Gasteiger partial charge in [-0.05, 0) is 18.2 Å². The highest BCUT2D eigenvalue weighted by atomic mass is 35.5. The van der Waals surface area contributed by atoms with E-state index in [1.165, 1.54) is 12.1 Å². The predicted octanol–water partition coefficient (Wildman–Crippen LogP) is 2.42. The van der Waals surface area contributed by atoms with Gasteiger partial charge >= 0.3 is 12.0 Å². The first kappa shape index (κ1) is 14.2. The lowest BCUT2D eigenvalue weighted by molar-refractivity contribution is 0.0697. The lowest BCUT2D eigenvalue weighted by atomic mass is 10.2. The summed E-state index contributed by atoms with van der Waals surface area (Å²) in [5.41, 5.74) is -0.0492. The van der Waals surface area contributed by atoms with E-state index in [2.05, 4.69) is 5.32 Å². The van der Waals surface area contributed by atoms with Gasteiger partial charge in [0.1, 0.15) is 0 Å². The Morgan fingerprint density at radius 1 is 1.39 bits per heavy atom. The summed E-state index contributed by atoms with van der Waals surface area (Å²) in [6.45, 7) is -0.786. The summed E-state index contributed by atoms with van der Waals surface area (Å²) in [5.74, 6) is -1.25. The van der Waals surface area contributed by atoms with E-state index in [4.69, 9.17) is 16.7 Å². The van der Waals surface area contributed by atoms with Crippen LogP contribution in [0, 0.1) is 0 Å². The van der Waals surface area contributed by atoms with Crippen molar-refractivity contribution < 1.29 is 23.5 Å². The van der Waals surface area contributed by atoms with Crippen LogP contribution >= 0.6 is 11.6 Å². The molecule has 0 atom stereocenters. The van der Waals surface area contributed by atoms with Crippen molar-refractivity contribution in [2.45, 2.75) is 6.43 Å². The zero-order valence-corrected chi connectivity index (χ0v) is 9.67. The van der Waals surface area contributed by atoms with E-state index >= 15 is 0 Å². The van der Waals surface area contributed by atoms with Crippen molar-refractivity contribution in [3.63, 3.8) is 0 Å². The molecular formula is C10H9ClF2N2O3. The quantitative estimate of drug-likeness (QED) is 0.791. The minimum Gasteiger partial charge on any atom is -0.478 e. The molecule has 0 bridgehead atoms. The number of aromatic carboxylic acids is 1. The second kappa shape index (κ2) is 6.15. The minimum atomic E-state index is -2.66. The first-order chi connectivity index (χ1) is 8.40. The molecule has 3 N–H and O–H groups in total. The van der Waals surface area contributed by atoms with Crippen LogP contribution in [-0.2, 0) is 0 Å². The van der Waals surface area contributed by atoms with Crippen molar-refractivity contribution >= 4 is 29.3 Å². The van der Waals surface area contributed by atoms with Crippen molar-refractivity contribution in [3.8, 4) is 0 Å². The number of hydrogen-bond donors (Lipinski definition) is 3. The molecule has 0 radical (unpaired) electrons. The predicted molar refractivity (Wildman–Crippen MR) is 61.4 cm³/mol. The van der Waals surface area contributed by atoms with Gasteiger partial charge in [-0.15, -0.1) is 0 Å². The number of anilines is 1. The second-order valence-electron chi connectivity index (χ2n) is 3.23. The third-order valence-corrected chi connectivity index (χ3v) is 2.20. The smallest absolute Gasteiger partial charge is 0.337 e. The van der Waals surface area contributed by atoms with Crippen LogP contribution in [0.5, 0.6) is 0 Å². The van der Waals surface area contributed by atoms with Crippen LogP contribution in [-0.4, -0.2) is 30.1 Å². The van der Waals surface area contributed by atoms with Gasteiger partial charge in [0, 0.05) is 5.69 Å². The number of carbonyl (C=O) groups is 2. The van der Waals surface area contributed by atoms with Gasteiger partial charge in [-0.25, -0.2) is 18.4 Å². The van der Waals surface area contributed by atoms with E-state index in [1.807, 2.05) is 5.32 Å². The van der Waals surface area contributed by atoms with Crippen LogP contribution in [0.3, 0.4) is 0 Å². The number of carboxylic acid groups (broad SMARTS) is 1. The van der Waals surface area contributed by atoms with Crippen molar-refractivity contribution in [2.75, 3.05) is 11.9 Å². The summed E-state index contributed by atoms with van der Waals surface area (Å²) < 4.78 is 23.6. The highest BCUT2D eigenvalue weighted by Crippen LogP contribution is 2.20. The Morgan fingerprint density at radius 2 is 2.06 bits per heavy atom. The normalized spacial score (nSPS) is 10.2. The summed E-state index contributed by atoms with van der Waals surface area (Å²) in [6, 6.07) is 2.92. The molecule has 0 aliphatic rings. The number of halogens is 3. The largest absolute Gasteiger partial charge is 0.478 e. The Hall–Kier alpha value is -1.89. The number of carboxylic acids is 1. The van der Waals surface area contributed by atoms with Crippen molar-refractivity contribution in [2.24, 2.45) is 0 Å². The minimum absolute atomic E-state index is 0.0149.